The van der Waals surface area contributed by atoms with Gasteiger partial charge in [0.1, 0.15) is 5.82 Å². The number of nitrogens with two attached hydrogens (primary N) is 2. The van der Waals surface area contributed by atoms with E-state index in [0.29, 0.717) is 5.82 Å². The molecular weight excluding hydrogens is 362 g/mol. The summed E-state index contributed by atoms with van der Waals surface area (Å²) in [5, 5.41) is 8.23. The Morgan fingerprint density at radius 1 is 0.966 bits per heavy atom. The summed E-state index contributed by atoms with van der Waals surface area (Å²) >= 11 is 0. The Morgan fingerprint density at radius 2 is 1.76 bits per heavy atom. The fraction of sp³-hybridized carbons (Fsp3) is 0.227. The van der Waals surface area contributed by atoms with Gasteiger partial charge in [0.25, 0.3) is 0 Å². The van der Waals surface area contributed by atoms with Gasteiger partial charge in [0.15, 0.2) is 5.82 Å². The molecule has 0 spiro atoms. The summed E-state index contributed by atoms with van der Waals surface area (Å²) in [4.78, 5) is 10.6. The second-order valence-electron chi connectivity index (χ2n) is 7.37. The first-order valence-electron chi connectivity index (χ1n) is 9.64. The summed E-state index contributed by atoms with van der Waals surface area (Å²) in [5.41, 5.74) is 17.2. The fourth-order valence-electron chi connectivity index (χ4n) is 3.57. The highest BCUT2D eigenvalue weighted by Gasteiger charge is 2.14. The predicted molar refractivity (Wildman–Crippen MR) is 119 cm³/mol. The standard InChI is InChI=1S/C22H25N7/c1-29(2)19-13-17(25-22(24)26-19)16-11-15(20-18(12-16)27-28-21(20)23)10-6-9-14-7-4-3-5-8-14/h3-5,7-8,11-13H,6,9-10H2,1-2H3,(H3,23,27,28)(H2,24,25,26). The maximum absolute atomic E-state index is 6.14. The van der Waals surface area contributed by atoms with Crippen LogP contribution in [0.1, 0.15) is 17.5 Å². The summed E-state index contributed by atoms with van der Waals surface area (Å²) in [7, 11) is 3.86. The van der Waals surface area contributed by atoms with Crippen molar-refractivity contribution in [2.75, 3.05) is 30.5 Å². The molecule has 148 valence electrons. The molecule has 0 saturated heterocycles. The van der Waals surface area contributed by atoms with E-state index in [0.717, 1.165) is 52.8 Å². The van der Waals surface area contributed by atoms with E-state index in [-0.39, 0.29) is 5.95 Å². The third kappa shape index (κ3) is 3.99. The van der Waals surface area contributed by atoms with Gasteiger partial charge in [-0.05, 0) is 42.5 Å². The number of nitrogen functional groups attached to an aromatic ring is 2. The van der Waals surface area contributed by atoms with Crippen LogP contribution in [0.15, 0.2) is 48.5 Å². The number of hydrogen-bond acceptors (Lipinski definition) is 6. The van der Waals surface area contributed by atoms with Crippen molar-refractivity contribution >= 4 is 28.5 Å². The molecule has 5 N–H and O–H groups in total. The van der Waals surface area contributed by atoms with E-state index < -0.39 is 0 Å². The van der Waals surface area contributed by atoms with Crippen LogP contribution in [0, 0.1) is 0 Å². The summed E-state index contributed by atoms with van der Waals surface area (Å²) < 4.78 is 0. The lowest BCUT2D eigenvalue weighted by molar-refractivity contribution is 0.825. The van der Waals surface area contributed by atoms with Crippen LogP contribution in [-0.2, 0) is 12.8 Å². The number of hydrogen-bond donors (Lipinski definition) is 3. The van der Waals surface area contributed by atoms with Gasteiger partial charge in [-0.2, -0.15) is 10.1 Å². The topological polar surface area (TPSA) is 110 Å². The molecule has 0 aliphatic carbocycles. The van der Waals surface area contributed by atoms with Crippen LogP contribution in [-0.4, -0.2) is 34.3 Å². The van der Waals surface area contributed by atoms with Crippen LogP contribution in [0.3, 0.4) is 0 Å². The second-order valence-corrected chi connectivity index (χ2v) is 7.37. The first-order valence-corrected chi connectivity index (χ1v) is 9.64. The maximum Gasteiger partial charge on any atom is 0.222 e. The summed E-state index contributed by atoms with van der Waals surface area (Å²) in [6, 6.07) is 16.6. The normalized spacial score (nSPS) is 11.1. The Hall–Kier alpha value is -3.61. The number of aromatic nitrogens is 4. The van der Waals surface area contributed by atoms with Crippen LogP contribution < -0.4 is 16.4 Å². The average molecular weight is 387 g/mol. The molecular formula is C22H25N7. The quantitative estimate of drug-likeness (QED) is 0.468. The number of H-pyrrole nitrogens is 1. The molecule has 0 bridgehead atoms. The van der Waals surface area contributed by atoms with Crippen molar-refractivity contribution in [1.82, 2.24) is 20.2 Å². The number of benzene rings is 2. The van der Waals surface area contributed by atoms with Gasteiger partial charge in [-0.15, -0.1) is 0 Å². The van der Waals surface area contributed by atoms with Gasteiger partial charge in [-0.25, -0.2) is 4.98 Å². The molecule has 2 heterocycles. The molecule has 7 heteroatoms. The zero-order chi connectivity index (χ0) is 20.4. The van der Waals surface area contributed by atoms with Crippen molar-refractivity contribution in [2.24, 2.45) is 0 Å². The molecule has 0 radical (unpaired) electrons. The third-order valence-electron chi connectivity index (χ3n) is 5.01. The van der Waals surface area contributed by atoms with Crippen molar-refractivity contribution in [3.63, 3.8) is 0 Å². The lowest BCUT2D eigenvalue weighted by Crippen LogP contribution is -2.12. The molecule has 29 heavy (non-hydrogen) atoms. The van der Waals surface area contributed by atoms with E-state index in [1.165, 1.54) is 5.56 Å². The highest BCUT2D eigenvalue weighted by Crippen LogP contribution is 2.31. The van der Waals surface area contributed by atoms with Crippen LogP contribution >= 0.6 is 0 Å². The zero-order valence-electron chi connectivity index (χ0n) is 16.7. The second kappa shape index (κ2) is 7.79. The number of anilines is 3. The van der Waals surface area contributed by atoms with Crippen molar-refractivity contribution in [3.8, 4) is 11.3 Å². The number of fused-ring (bicyclic) bond motifs is 1. The first-order chi connectivity index (χ1) is 14.0. The average Bonchev–Trinajstić information content (AvgIpc) is 3.09. The Labute approximate surface area is 169 Å². The van der Waals surface area contributed by atoms with Gasteiger partial charge in [-0.1, -0.05) is 30.3 Å². The van der Waals surface area contributed by atoms with Gasteiger partial charge >= 0.3 is 0 Å². The van der Waals surface area contributed by atoms with Crippen LogP contribution in [0.2, 0.25) is 0 Å². The molecule has 4 aromatic rings. The van der Waals surface area contributed by atoms with Crippen LogP contribution in [0.4, 0.5) is 17.6 Å². The molecule has 0 amide bonds. The van der Waals surface area contributed by atoms with E-state index in [9.17, 15) is 0 Å². The van der Waals surface area contributed by atoms with Crippen molar-refractivity contribution in [2.45, 2.75) is 19.3 Å². The molecule has 0 saturated carbocycles. The van der Waals surface area contributed by atoms with E-state index in [1.54, 1.807) is 0 Å². The van der Waals surface area contributed by atoms with E-state index in [4.69, 9.17) is 11.5 Å². The minimum absolute atomic E-state index is 0.251. The first kappa shape index (κ1) is 18.7. The highest BCUT2D eigenvalue weighted by atomic mass is 15.2. The van der Waals surface area contributed by atoms with E-state index in [1.807, 2.05) is 37.2 Å². The van der Waals surface area contributed by atoms with Crippen molar-refractivity contribution in [3.05, 3.63) is 59.7 Å². The predicted octanol–water partition coefficient (Wildman–Crippen LogP) is 3.43. The number of nitrogens with zero attached hydrogens (tertiary/aromatic N) is 4. The third-order valence-corrected chi connectivity index (χ3v) is 5.01. The molecule has 0 atom stereocenters. The van der Waals surface area contributed by atoms with Gasteiger partial charge < -0.3 is 16.4 Å². The smallest absolute Gasteiger partial charge is 0.222 e. The van der Waals surface area contributed by atoms with Gasteiger partial charge in [0.2, 0.25) is 5.95 Å². The van der Waals surface area contributed by atoms with Crippen molar-refractivity contribution < 1.29 is 0 Å². The largest absolute Gasteiger partial charge is 0.382 e. The maximum atomic E-state index is 6.14. The van der Waals surface area contributed by atoms with Gasteiger partial charge in [-0.3, -0.25) is 5.10 Å². The molecule has 4 rings (SSSR count). The van der Waals surface area contributed by atoms with E-state index >= 15 is 0 Å². The molecule has 7 nitrogen and oxygen atoms in total. The van der Waals surface area contributed by atoms with Gasteiger partial charge in [0, 0.05) is 31.1 Å². The van der Waals surface area contributed by atoms with Crippen LogP contribution in [0.25, 0.3) is 22.2 Å². The molecule has 2 aromatic heterocycles. The van der Waals surface area contributed by atoms with Crippen molar-refractivity contribution in [1.29, 1.82) is 0 Å². The summed E-state index contributed by atoms with van der Waals surface area (Å²) in [6.07, 6.45) is 2.92. The lowest BCUT2D eigenvalue weighted by Gasteiger charge is -2.14. The minimum Gasteiger partial charge on any atom is -0.382 e. The van der Waals surface area contributed by atoms with E-state index in [2.05, 4.69) is 50.5 Å². The number of rotatable bonds is 6. The summed E-state index contributed by atoms with van der Waals surface area (Å²) in [5.74, 6) is 1.54. The lowest BCUT2D eigenvalue weighted by atomic mass is 9.97. The Morgan fingerprint density at radius 3 is 2.52 bits per heavy atom. The zero-order valence-corrected chi connectivity index (χ0v) is 16.7. The molecule has 0 unspecified atom stereocenters. The molecule has 0 fully saturated rings. The number of aryl methyl sites for hydroxylation is 2. The Kier molecular flexibility index (Phi) is 5.03. The monoisotopic (exact) mass is 387 g/mol. The summed E-state index contributed by atoms with van der Waals surface area (Å²) in [6.45, 7) is 0. The van der Waals surface area contributed by atoms with Gasteiger partial charge in [0.05, 0.1) is 11.2 Å². The Balaban J connectivity index is 1.70. The Bertz CT molecular complexity index is 1130. The molecule has 2 aromatic carbocycles. The molecule has 0 aliphatic rings. The SMILES string of the molecule is CN(C)c1cc(-c2cc(CCCc3ccccc3)c3c(N)n[nH]c3c2)nc(N)n1. The number of aromatic amines is 1. The van der Waals surface area contributed by atoms with Crippen LogP contribution in [0.5, 0.6) is 0 Å². The molecule has 0 aliphatic heterocycles. The minimum atomic E-state index is 0.251. The highest BCUT2D eigenvalue weighted by molar-refractivity contribution is 5.94. The number of nitrogens with one attached hydrogen (secondary N) is 1. The fourth-order valence-corrected chi connectivity index (χ4v) is 3.57.